The van der Waals surface area contributed by atoms with Gasteiger partial charge in [-0.15, -0.1) is 11.3 Å². The number of aliphatic hydroxyl groups is 1. The van der Waals surface area contributed by atoms with Crippen molar-refractivity contribution >= 4 is 17.4 Å². The Hall–Kier alpha value is -2.02. The van der Waals surface area contributed by atoms with Crippen LogP contribution >= 0.6 is 11.3 Å². The summed E-state index contributed by atoms with van der Waals surface area (Å²) < 4.78 is 16.2. The Morgan fingerprint density at radius 2 is 1.77 bits per heavy atom. The fraction of sp³-hybridized carbons (Fsp3) is 0.400. The highest BCUT2D eigenvalue weighted by Crippen LogP contribution is 2.27. The van der Waals surface area contributed by atoms with E-state index in [0.29, 0.717) is 23.9 Å². The largest absolute Gasteiger partial charge is 0.496 e. The predicted octanol–water partition coefficient (Wildman–Crippen LogP) is 3.50. The number of thiophene rings is 1. The Labute approximate surface area is 159 Å². The summed E-state index contributed by atoms with van der Waals surface area (Å²) in [6, 6.07) is 9.64. The number of aryl methyl sites for hydroxylation is 1. The lowest BCUT2D eigenvalue weighted by Crippen LogP contribution is -2.40. The molecule has 1 unspecified atom stereocenters. The minimum Gasteiger partial charge on any atom is -0.496 e. The summed E-state index contributed by atoms with van der Waals surface area (Å²) in [5.41, 5.74) is 5.45. The Morgan fingerprint density at radius 3 is 2.38 bits per heavy atom. The maximum atomic E-state index is 9.22. The van der Waals surface area contributed by atoms with Crippen LogP contribution in [0.5, 0.6) is 17.2 Å². The topological polar surface area (TPSA) is 73.9 Å². The third-order valence-corrected chi connectivity index (χ3v) is 5.05. The van der Waals surface area contributed by atoms with E-state index >= 15 is 0 Å². The first-order valence-corrected chi connectivity index (χ1v) is 9.28. The van der Waals surface area contributed by atoms with E-state index in [-0.39, 0.29) is 6.61 Å². The molecule has 0 aliphatic carbocycles. The normalized spacial score (nSPS) is 13.6. The van der Waals surface area contributed by atoms with Crippen LogP contribution < -0.4 is 19.9 Å². The average molecular weight is 378 g/mol. The van der Waals surface area contributed by atoms with Gasteiger partial charge in [-0.05, 0) is 44.1 Å². The summed E-state index contributed by atoms with van der Waals surface area (Å²) >= 11 is 1.72. The third-order valence-electron chi connectivity index (χ3n) is 3.94. The van der Waals surface area contributed by atoms with E-state index in [4.69, 9.17) is 19.9 Å². The van der Waals surface area contributed by atoms with Gasteiger partial charge in [-0.1, -0.05) is 0 Å². The first-order chi connectivity index (χ1) is 12.5. The minimum absolute atomic E-state index is 0.00245. The molecule has 2 aromatic rings. The highest BCUT2D eigenvalue weighted by Gasteiger charge is 2.16. The Balaban J connectivity index is 1.86. The minimum atomic E-state index is -0.522. The molecule has 142 valence electrons. The smallest absolute Gasteiger partial charge is 0.127 e. The van der Waals surface area contributed by atoms with Crippen molar-refractivity contribution in [2.24, 2.45) is 5.73 Å². The van der Waals surface area contributed by atoms with Gasteiger partial charge in [0.05, 0.1) is 20.8 Å². The number of hydrogen-bond donors (Lipinski definition) is 2. The molecular formula is C20H27NO4S. The summed E-state index contributed by atoms with van der Waals surface area (Å²) in [6.07, 6.45) is 5.64. The van der Waals surface area contributed by atoms with Crippen LogP contribution in [-0.2, 0) is 6.42 Å². The molecule has 1 heterocycles. The van der Waals surface area contributed by atoms with Crippen molar-refractivity contribution in [3.05, 3.63) is 46.2 Å². The van der Waals surface area contributed by atoms with Gasteiger partial charge in [0.25, 0.3) is 0 Å². The van der Waals surface area contributed by atoms with E-state index in [1.807, 2.05) is 31.2 Å². The molecule has 3 N–H and O–H groups in total. The van der Waals surface area contributed by atoms with Crippen LogP contribution in [0.15, 0.2) is 36.4 Å². The van der Waals surface area contributed by atoms with E-state index in [9.17, 15) is 5.11 Å². The number of methoxy groups -OCH3 is 2. The number of aliphatic hydroxyl groups excluding tert-OH is 1. The maximum absolute atomic E-state index is 9.22. The number of ether oxygens (including phenoxy) is 3. The first-order valence-electron chi connectivity index (χ1n) is 8.46. The highest BCUT2D eigenvalue weighted by molar-refractivity contribution is 7.12. The van der Waals surface area contributed by atoms with E-state index in [2.05, 4.69) is 12.1 Å². The second kappa shape index (κ2) is 9.62. The number of hydrogen-bond acceptors (Lipinski definition) is 6. The molecule has 0 fully saturated rings. The van der Waals surface area contributed by atoms with Crippen molar-refractivity contribution < 1.29 is 19.3 Å². The fourth-order valence-electron chi connectivity index (χ4n) is 2.28. The van der Waals surface area contributed by atoms with Crippen molar-refractivity contribution in [3.63, 3.8) is 0 Å². The monoisotopic (exact) mass is 377 g/mol. The Morgan fingerprint density at radius 1 is 1.12 bits per heavy atom. The quantitative estimate of drug-likeness (QED) is 0.663. The Kier molecular flexibility index (Phi) is 7.50. The van der Waals surface area contributed by atoms with Crippen LogP contribution in [0.25, 0.3) is 6.08 Å². The molecule has 26 heavy (non-hydrogen) atoms. The Bertz CT molecular complexity index is 702. The second-order valence-electron chi connectivity index (χ2n) is 6.38. The standard InChI is InChI=1S/C20H27NO4S/c1-20(21,14-22)9-8-19-7-6-18(26-19)5-4-10-25-17-12-15(23-2)11-16(13-17)24-3/h4-7,11-13,22H,8-10,14,21H2,1-3H3/b5-4+. The van der Waals surface area contributed by atoms with Crippen LogP contribution in [-0.4, -0.2) is 38.1 Å². The van der Waals surface area contributed by atoms with Crippen LogP contribution in [0.1, 0.15) is 23.1 Å². The van der Waals surface area contributed by atoms with Gasteiger partial charge in [-0.25, -0.2) is 0 Å². The molecule has 1 aromatic heterocycles. The zero-order valence-corrected chi connectivity index (χ0v) is 16.3. The van der Waals surface area contributed by atoms with E-state index in [1.54, 1.807) is 31.6 Å². The predicted molar refractivity (Wildman–Crippen MR) is 106 cm³/mol. The highest BCUT2D eigenvalue weighted by atomic mass is 32.1. The van der Waals surface area contributed by atoms with Crippen molar-refractivity contribution in [1.29, 1.82) is 0 Å². The summed E-state index contributed by atoms with van der Waals surface area (Å²) in [7, 11) is 3.22. The maximum Gasteiger partial charge on any atom is 0.127 e. The van der Waals surface area contributed by atoms with Gasteiger partial charge in [0.15, 0.2) is 0 Å². The van der Waals surface area contributed by atoms with E-state index < -0.39 is 5.54 Å². The molecule has 0 spiro atoms. The molecule has 1 atom stereocenters. The fourth-order valence-corrected chi connectivity index (χ4v) is 3.22. The molecule has 0 amide bonds. The van der Waals surface area contributed by atoms with Gasteiger partial charge in [-0.3, -0.25) is 0 Å². The molecule has 0 radical (unpaired) electrons. The lowest BCUT2D eigenvalue weighted by molar-refractivity contribution is 0.201. The van der Waals surface area contributed by atoms with Crippen molar-refractivity contribution in [1.82, 2.24) is 0 Å². The van der Waals surface area contributed by atoms with Crippen LogP contribution in [0.2, 0.25) is 0 Å². The van der Waals surface area contributed by atoms with Gasteiger partial charge >= 0.3 is 0 Å². The average Bonchev–Trinajstić information content (AvgIpc) is 3.11. The molecule has 6 heteroatoms. The molecule has 2 rings (SSSR count). The first kappa shape index (κ1) is 20.3. The van der Waals surface area contributed by atoms with Crippen LogP contribution in [0, 0.1) is 0 Å². The lowest BCUT2D eigenvalue weighted by Gasteiger charge is -2.20. The summed E-state index contributed by atoms with van der Waals surface area (Å²) in [5.74, 6) is 2.09. The van der Waals surface area contributed by atoms with Crippen molar-refractivity contribution in [3.8, 4) is 17.2 Å². The summed E-state index contributed by atoms with van der Waals surface area (Å²) in [5, 5.41) is 9.22. The van der Waals surface area contributed by atoms with Gasteiger partial charge in [0.1, 0.15) is 23.9 Å². The SMILES string of the molecule is COc1cc(OC)cc(OC/C=C/c2ccc(CCC(C)(N)CO)s2)c1. The van der Waals surface area contributed by atoms with Gasteiger partial charge in [0, 0.05) is 33.5 Å². The molecule has 0 saturated carbocycles. The summed E-state index contributed by atoms with van der Waals surface area (Å²) in [6.45, 7) is 2.32. The zero-order valence-electron chi connectivity index (χ0n) is 15.5. The molecule has 0 aliphatic heterocycles. The molecule has 0 saturated heterocycles. The van der Waals surface area contributed by atoms with Gasteiger partial charge < -0.3 is 25.1 Å². The molecule has 0 aliphatic rings. The zero-order chi connectivity index (χ0) is 19.0. The number of benzene rings is 1. The van der Waals surface area contributed by atoms with E-state index in [0.717, 1.165) is 17.7 Å². The van der Waals surface area contributed by atoms with Crippen LogP contribution in [0.3, 0.4) is 0 Å². The molecule has 0 bridgehead atoms. The molecule has 5 nitrogen and oxygen atoms in total. The lowest BCUT2D eigenvalue weighted by atomic mass is 9.98. The van der Waals surface area contributed by atoms with Gasteiger partial charge in [-0.2, -0.15) is 0 Å². The number of nitrogens with two attached hydrogens (primary N) is 1. The van der Waals surface area contributed by atoms with Crippen molar-refractivity contribution in [2.75, 3.05) is 27.4 Å². The molecule has 1 aromatic carbocycles. The number of rotatable bonds is 10. The molecular weight excluding hydrogens is 350 g/mol. The second-order valence-corrected chi connectivity index (χ2v) is 7.58. The summed E-state index contributed by atoms with van der Waals surface area (Å²) in [4.78, 5) is 2.42. The third kappa shape index (κ3) is 6.37. The van der Waals surface area contributed by atoms with Crippen LogP contribution in [0.4, 0.5) is 0 Å². The van der Waals surface area contributed by atoms with Crippen molar-refractivity contribution in [2.45, 2.75) is 25.3 Å². The van der Waals surface area contributed by atoms with E-state index in [1.165, 1.54) is 4.88 Å². The van der Waals surface area contributed by atoms with Gasteiger partial charge in [0.2, 0.25) is 0 Å².